The second kappa shape index (κ2) is 7.03. The molecule has 0 saturated carbocycles. The highest BCUT2D eigenvalue weighted by Crippen LogP contribution is 2.20. The van der Waals surface area contributed by atoms with Gasteiger partial charge >= 0.3 is 0 Å². The summed E-state index contributed by atoms with van der Waals surface area (Å²) in [6.45, 7) is 1.58. The summed E-state index contributed by atoms with van der Waals surface area (Å²) in [6, 6.07) is 9.70. The molecule has 6 heteroatoms. The van der Waals surface area contributed by atoms with Crippen molar-refractivity contribution in [3.05, 3.63) is 69.8 Å². The Hall–Kier alpha value is -2.71. The van der Waals surface area contributed by atoms with Crippen LogP contribution in [0.3, 0.4) is 0 Å². The van der Waals surface area contributed by atoms with Crippen LogP contribution in [0.2, 0.25) is 5.02 Å². The minimum absolute atomic E-state index is 0.139. The predicted molar refractivity (Wildman–Crippen MR) is 84.8 cm³/mol. The van der Waals surface area contributed by atoms with E-state index in [4.69, 9.17) is 16.9 Å². The molecule has 0 fully saturated rings. The Bertz CT molecular complexity index is 841. The fraction of sp³-hybridized carbons (Fsp3) is 0.0588. The maximum Gasteiger partial charge on any atom is 0.266 e. The van der Waals surface area contributed by atoms with E-state index in [0.29, 0.717) is 11.1 Å². The fourth-order valence-corrected chi connectivity index (χ4v) is 2.03. The number of carbonyl (C=O) groups excluding carboxylic acids is 1. The van der Waals surface area contributed by atoms with E-state index >= 15 is 0 Å². The first-order valence-electron chi connectivity index (χ1n) is 6.55. The summed E-state index contributed by atoms with van der Waals surface area (Å²) in [5.74, 6) is -1.65. The lowest BCUT2D eigenvalue weighted by Gasteiger charge is -2.05. The molecule has 0 heterocycles. The molecule has 0 aromatic heterocycles. The highest BCUT2D eigenvalue weighted by atomic mass is 35.5. The highest BCUT2D eigenvalue weighted by Gasteiger charge is 2.11. The monoisotopic (exact) mass is 332 g/mol. The molecule has 2 aromatic carbocycles. The van der Waals surface area contributed by atoms with Crippen LogP contribution in [-0.2, 0) is 4.79 Å². The van der Waals surface area contributed by atoms with Gasteiger partial charge in [-0.05, 0) is 54.5 Å². The molecule has 2 rings (SSSR count). The molecule has 0 bridgehead atoms. The zero-order valence-corrected chi connectivity index (χ0v) is 12.8. The predicted octanol–water partition coefficient (Wildman–Crippen LogP) is 4.47. The van der Waals surface area contributed by atoms with Crippen molar-refractivity contribution in [2.24, 2.45) is 0 Å². The van der Waals surface area contributed by atoms with E-state index in [2.05, 4.69) is 5.32 Å². The largest absolute Gasteiger partial charge is 0.321 e. The van der Waals surface area contributed by atoms with Crippen molar-refractivity contribution in [2.45, 2.75) is 6.92 Å². The molecule has 0 spiro atoms. The van der Waals surface area contributed by atoms with Crippen LogP contribution in [-0.4, -0.2) is 5.91 Å². The second-order valence-corrected chi connectivity index (χ2v) is 5.17. The molecule has 0 unspecified atom stereocenters. The number of halogens is 3. The van der Waals surface area contributed by atoms with Crippen LogP contribution in [0.1, 0.15) is 11.1 Å². The summed E-state index contributed by atoms with van der Waals surface area (Å²) in [5.41, 5.74) is 1.02. The third-order valence-electron chi connectivity index (χ3n) is 3.04. The highest BCUT2D eigenvalue weighted by molar-refractivity contribution is 6.31. The van der Waals surface area contributed by atoms with Gasteiger partial charge < -0.3 is 5.32 Å². The average molecular weight is 333 g/mol. The van der Waals surface area contributed by atoms with Crippen LogP contribution < -0.4 is 5.32 Å². The quantitative estimate of drug-likeness (QED) is 0.666. The zero-order valence-electron chi connectivity index (χ0n) is 12.0. The molecule has 23 heavy (non-hydrogen) atoms. The number of carbonyl (C=O) groups is 1. The maximum atomic E-state index is 13.2. The van der Waals surface area contributed by atoms with Gasteiger partial charge in [0.25, 0.3) is 5.91 Å². The lowest BCUT2D eigenvalue weighted by atomic mass is 10.1. The third-order valence-corrected chi connectivity index (χ3v) is 3.33. The summed E-state index contributed by atoms with van der Waals surface area (Å²) in [6.07, 6.45) is 1.34. The lowest BCUT2D eigenvalue weighted by molar-refractivity contribution is -0.112. The van der Waals surface area contributed by atoms with Crippen LogP contribution in [0, 0.1) is 29.9 Å². The van der Waals surface area contributed by atoms with E-state index in [1.807, 2.05) is 0 Å². The maximum absolute atomic E-state index is 13.2. The topological polar surface area (TPSA) is 52.9 Å². The van der Waals surface area contributed by atoms with Crippen molar-refractivity contribution < 1.29 is 13.6 Å². The summed E-state index contributed by atoms with van der Waals surface area (Å²) in [4.78, 5) is 12.1. The average Bonchev–Trinajstić information content (AvgIpc) is 2.52. The van der Waals surface area contributed by atoms with E-state index in [9.17, 15) is 13.6 Å². The molecule has 116 valence electrons. The molecule has 0 aliphatic heterocycles. The number of nitrogens with one attached hydrogen (secondary N) is 1. The number of amides is 1. The van der Waals surface area contributed by atoms with E-state index in [0.717, 1.165) is 6.07 Å². The number of benzene rings is 2. The summed E-state index contributed by atoms with van der Waals surface area (Å²) in [7, 11) is 0. The van der Waals surface area contributed by atoms with Crippen molar-refractivity contribution in [3.63, 3.8) is 0 Å². The van der Waals surface area contributed by atoms with Gasteiger partial charge in [-0.15, -0.1) is 0 Å². The van der Waals surface area contributed by atoms with Crippen LogP contribution in [0.4, 0.5) is 14.5 Å². The van der Waals surface area contributed by atoms with Gasteiger partial charge in [0.1, 0.15) is 23.3 Å². The van der Waals surface area contributed by atoms with Gasteiger partial charge in [-0.25, -0.2) is 8.78 Å². The van der Waals surface area contributed by atoms with Crippen molar-refractivity contribution in [3.8, 4) is 6.07 Å². The first-order valence-corrected chi connectivity index (χ1v) is 6.93. The molecule has 2 aromatic rings. The van der Waals surface area contributed by atoms with Gasteiger partial charge in [-0.3, -0.25) is 4.79 Å². The lowest BCUT2D eigenvalue weighted by Crippen LogP contribution is -2.13. The third kappa shape index (κ3) is 4.15. The molecule has 1 amide bonds. The SMILES string of the molecule is Cc1cc(C=C(C#N)C(=O)Nc2ccc(F)c(Cl)c2)ccc1F. The number of anilines is 1. The Morgan fingerprint density at radius 1 is 1.22 bits per heavy atom. The molecule has 0 aliphatic rings. The zero-order chi connectivity index (χ0) is 17.0. The van der Waals surface area contributed by atoms with E-state index in [1.165, 1.54) is 36.4 Å². The number of hydrogen-bond acceptors (Lipinski definition) is 2. The van der Waals surface area contributed by atoms with Gasteiger partial charge in [0.2, 0.25) is 0 Å². The fourth-order valence-electron chi connectivity index (χ4n) is 1.85. The first-order chi connectivity index (χ1) is 10.9. The number of rotatable bonds is 3. The van der Waals surface area contributed by atoms with E-state index in [-0.39, 0.29) is 22.1 Å². The number of nitriles is 1. The normalized spacial score (nSPS) is 11.0. The molecular formula is C17H11ClF2N2O. The Morgan fingerprint density at radius 3 is 2.52 bits per heavy atom. The van der Waals surface area contributed by atoms with Crippen LogP contribution >= 0.6 is 11.6 Å². The van der Waals surface area contributed by atoms with Crippen molar-refractivity contribution in [1.29, 1.82) is 5.26 Å². The van der Waals surface area contributed by atoms with Crippen LogP contribution in [0.5, 0.6) is 0 Å². The Morgan fingerprint density at radius 2 is 1.91 bits per heavy atom. The van der Waals surface area contributed by atoms with Crippen molar-refractivity contribution >= 4 is 29.3 Å². The van der Waals surface area contributed by atoms with Crippen molar-refractivity contribution in [1.82, 2.24) is 0 Å². The van der Waals surface area contributed by atoms with Crippen LogP contribution in [0.25, 0.3) is 6.08 Å². The molecule has 0 radical (unpaired) electrons. The van der Waals surface area contributed by atoms with Crippen molar-refractivity contribution in [2.75, 3.05) is 5.32 Å². The minimum Gasteiger partial charge on any atom is -0.321 e. The summed E-state index contributed by atoms with van der Waals surface area (Å²) in [5, 5.41) is 11.4. The van der Waals surface area contributed by atoms with Gasteiger partial charge in [-0.1, -0.05) is 17.7 Å². The second-order valence-electron chi connectivity index (χ2n) is 4.76. The molecule has 0 aliphatic carbocycles. The Labute approximate surface area is 136 Å². The van der Waals surface area contributed by atoms with Crippen LogP contribution in [0.15, 0.2) is 42.0 Å². The van der Waals surface area contributed by atoms with Gasteiger partial charge in [0.05, 0.1) is 5.02 Å². The molecule has 0 atom stereocenters. The van der Waals surface area contributed by atoms with E-state index < -0.39 is 11.7 Å². The Balaban J connectivity index is 2.24. The summed E-state index contributed by atoms with van der Waals surface area (Å²) < 4.78 is 26.3. The smallest absolute Gasteiger partial charge is 0.266 e. The number of nitrogens with zero attached hydrogens (tertiary/aromatic N) is 1. The summed E-state index contributed by atoms with van der Waals surface area (Å²) >= 11 is 5.63. The number of aryl methyl sites for hydroxylation is 1. The number of hydrogen-bond donors (Lipinski definition) is 1. The Kier molecular flexibility index (Phi) is 5.09. The van der Waals surface area contributed by atoms with Gasteiger partial charge in [0, 0.05) is 5.69 Å². The molecule has 3 nitrogen and oxygen atoms in total. The molecule has 1 N–H and O–H groups in total. The first kappa shape index (κ1) is 16.7. The van der Waals surface area contributed by atoms with E-state index in [1.54, 1.807) is 13.0 Å². The minimum atomic E-state index is -0.669. The van der Waals surface area contributed by atoms with Gasteiger partial charge in [-0.2, -0.15) is 5.26 Å². The molecular weight excluding hydrogens is 322 g/mol. The van der Waals surface area contributed by atoms with Gasteiger partial charge in [0.15, 0.2) is 0 Å². The standard InChI is InChI=1S/C17H11ClF2N2O/c1-10-6-11(2-4-15(10)19)7-12(9-21)17(23)22-13-3-5-16(20)14(18)8-13/h2-8H,1H3,(H,22,23). The molecule has 0 saturated heterocycles.